The zero-order chi connectivity index (χ0) is 10.3. The minimum absolute atomic E-state index is 0.275. The fourth-order valence-corrected chi connectivity index (χ4v) is 1.95. The molecule has 1 fully saturated rings. The molecule has 0 saturated heterocycles. The molecule has 1 heterocycles. The molecular weight excluding hydrogens is 225 g/mol. The van der Waals surface area contributed by atoms with Crippen molar-refractivity contribution in [1.82, 2.24) is 4.98 Å². The van der Waals surface area contributed by atoms with Crippen molar-refractivity contribution in [2.75, 3.05) is 0 Å². The number of carboxylic acid groups (broad SMARTS) is 1. The number of carboxylic acids is 1. The van der Waals surface area contributed by atoms with Crippen molar-refractivity contribution in [3.8, 4) is 0 Å². The second-order valence-corrected chi connectivity index (χ2v) is 4.17. The first kappa shape index (κ1) is 9.74. The molecule has 0 aromatic carbocycles. The number of pyridine rings is 1. The highest BCUT2D eigenvalue weighted by molar-refractivity contribution is 6.33. The van der Waals surface area contributed by atoms with E-state index in [1.165, 1.54) is 12.3 Å². The molecule has 0 atom stereocenters. The molecule has 14 heavy (non-hydrogen) atoms. The molecule has 74 valence electrons. The Kier molecular flexibility index (Phi) is 2.16. The number of carbonyl (C=O) groups is 1. The van der Waals surface area contributed by atoms with Crippen LogP contribution in [-0.4, -0.2) is 16.1 Å². The van der Waals surface area contributed by atoms with Gasteiger partial charge in [0.15, 0.2) is 0 Å². The smallest absolute Gasteiger partial charge is 0.314 e. The first-order valence-electron chi connectivity index (χ1n) is 4.11. The summed E-state index contributed by atoms with van der Waals surface area (Å²) < 4.78 is 0. The Morgan fingerprint density at radius 2 is 2.14 bits per heavy atom. The van der Waals surface area contributed by atoms with E-state index in [0.717, 1.165) is 0 Å². The summed E-state index contributed by atoms with van der Waals surface area (Å²) >= 11 is 11.6. The van der Waals surface area contributed by atoms with Crippen LogP contribution in [0.1, 0.15) is 18.4 Å². The molecule has 0 aliphatic heterocycles. The van der Waals surface area contributed by atoms with E-state index >= 15 is 0 Å². The molecule has 1 aromatic heterocycles. The molecule has 5 heteroatoms. The van der Waals surface area contributed by atoms with E-state index in [-0.39, 0.29) is 5.15 Å². The third-order valence-corrected chi connectivity index (χ3v) is 3.00. The Balaban J connectivity index is 2.51. The zero-order valence-corrected chi connectivity index (χ0v) is 8.64. The number of aliphatic carboxylic acids is 1. The predicted molar refractivity (Wildman–Crippen MR) is 52.8 cm³/mol. The van der Waals surface area contributed by atoms with Crippen molar-refractivity contribution < 1.29 is 9.90 Å². The number of halogens is 2. The average molecular weight is 232 g/mol. The van der Waals surface area contributed by atoms with Gasteiger partial charge in [-0.05, 0) is 24.5 Å². The molecular formula is C9H7Cl2NO2. The summed E-state index contributed by atoms with van der Waals surface area (Å²) in [5, 5.41) is 9.70. The number of aromatic nitrogens is 1. The number of nitrogens with zero attached hydrogens (tertiary/aromatic N) is 1. The SMILES string of the molecule is O=C(O)C1(c2cc(Cl)ncc2Cl)CC1. The van der Waals surface area contributed by atoms with Crippen molar-refractivity contribution in [2.24, 2.45) is 0 Å². The van der Waals surface area contributed by atoms with Crippen molar-refractivity contribution in [1.29, 1.82) is 0 Å². The van der Waals surface area contributed by atoms with Gasteiger partial charge in [-0.25, -0.2) is 4.98 Å². The van der Waals surface area contributed by atoms with Crippen LogP contribution in [0.15, 0.2) is 12.3 Å². The molecule has 1 N–H and O–H groups in total. The van der Waals surface area contributed by atoms with E-state index in [4.69, 9.17) is 28.3 Å². The normalized spacial score (nSPS) is 17.9. The first-order chi connectivity index (χ1) is 6.56. The van der Waals surface area contributed by atoms with E-state index in [9.17, 15) is 4.79 Å². The van der Waals surface area contributed by atoms with Crippen LogP contribution in [0.25, 0.3) is 0 Å². The molecule has 1 saturated carbocycles. The molecule has 0 amide bonds. The lowest BCUT2D eigenvalue weighted by molar-refractivity contribution is -0.140. The zero-order valence-electron chi connectivity index (χ0n) is 7.13. The Morgan fingerprint density at radius 3 is 2.64 bits per heavy atom. The van der Waals surface area contributed by atoms with Gasteiger partial charge in [-0.15, -0.1) is 0 Å². The van der Waals surface area contributed by atoms with Gasteiger partial charge in [-0.3, -0.25) is 4.79 Å². The highest BCUT2D eigenvalue weighted by Gasteiger charge is 2.53. The maximum Gasteiger partial charge on any atom is 0.314 e. The maximum absolute atomic E-state index is 11.0. The summed E-state index contributed by atoms with van der Waals surface area (Å²) in [7, 11) is 0. The Hall–Kier alpha value is -0.800. The largest absolute Gasteiger partial charge is 0.481 e. The molecule has 1 aliphatic carbocycles. The van der Waals surface area contributed by atoms with Gasteiger partial charge in [-0.2, -0.15) is 0 Å². The van der Waals surface area contributed by atoms with Gasteiger partial charge in [0.1, 0.15) is 5.15 Å². The maximum atomic E-state index is 11.0. The van der Waals surface area contributed by atoms with Crippen LogP contribution in [0.5, 0.6) is 0 Å². The standard InChI is InChI=1S/C9H7Cl2NO2/c10-6-4-12-7(11)3-5(6)9(1-2-9)8(13)14/h3-4H,1-2H2,(H,13,14). The third-order valence-electron chi connectivity index (χ3n) is 2.50. The van der Waals surface area contributed by atoms with Gasteiger partial charge in [-0.1, -0.05) is 23.2 Å². The Labute approximate surface area is 90.7 Å². The van der Waals surface area contributed by atoms with Gasteiger partial charge in [0, 0.05) is 6.20 Å². The van der Waals surface area contributed by atoms with Gasteiger partial charge < -0.3 is 5.11 Å². The van der Waals surface area contributed by atoms with Crippen molar-refractivity contribution >= 4 is 29.2 Å². The highest BCUT2D eigenvalue weighted by Crippen LogP contribution is 2.50. The fraction of sp³-hybridized carbons (Fsp3) is 0.333. The molecule has 0 bridgehead atoms. The third kappa shape index (κ3) is 1.37. The van der Waals surface area contributed by atoms with Crippen molar-refractivity contribution in [3.05, 3.63) is 28.0 Å². The minimum Gasteiger partial charge on any atom is -0.481 e. The fourth-order valence-electron chi connectivity index (χ4n) is 1.50. The summed E-state index contributed by atoms with van der Waals surface area (Å²) in [6.07, 6.45) is 2.62. The van der Waals surface area contributed by atoms with Crippen LogP contribution < -0.4 is 0 Å². The number of rotatable bonds is 2. The van der Waals surface area contributed by atoms with Gasteiger partial charge in [0.25, 0.3) is 0 Å². The van der Waals surface area contributed by atoms with Crippen molar-refractivity contribution in [3.63, 3.8) is 0 Å². The van der Waals surface area contributed by atoms with E-state index < -0.39 is 11.4 Å². The van der Waals surface area contributed by atoms with Crippen LogP contribution in [0.2, 0.25) is 10.2 Å². The summed E-state index contributed by atoms with van der Waals surface area (Å²) in [5.41, 5.74) is -0.240. The number of hydrogen-bond acceptors (Lipinski definition) is 2. The Morgan fingerprint density at radius 1 is 1.50 bits per heavy atom. The summed E-state index contributed by atoms with van der Waals surface area (Å²) in [6, 6.07) is 1.53. The monoisotopic (exact) mass is 231 g/mol. The summed E-state index contributed by atoms with van der Waals surface area (Å²) in [5.74, 6) is -0.846. The van der Waals surface area contributed by atoms with Crippen LogP contribution >= 0.6 is 23.2 Å². The lowest BCUT2D eigenvalue weighted by Crippen LogP contribution is -2.20. The lowest BCUT2D eigenvalue weighted by atomic mass is 9.97. The minimum atomic E-state index is -0.846. The van der Waals surface area contributed by atoms with Gasteiger partial charge in [0.2, 0.25) is 0 Å². The van der Waals surface area contributed by atoms with Crippen LogP contribution in [0, 0.1) is 0 Å². The molecule has 2 rings (SSSR count). The average Bonchev–Trinajstić information content (AvgIpc) is 2.90. The lowest BCUT2D eigenvalue weighted by Gasteiger charge is -2.11. The Bertz CT molecular complexity index is 402. The molecule has 3 nitrogen and oxygen atoms in total. The second kappa shape index (κ2) is 3.11. The highest BCUT2D eigenvalue weighted by atomic mass is 35.5. The molecule has 0 unspecified atom stereocenters. The molecule has 1 aliphatic rings. The van der Waals surface area contributed by atoms with Gasteiger partial charge in [0.05, 0.1) is 10.4 Å². The molecule has 1 aromatic rings. The second-order valence-electron chi connectivity index (χ2n) is 3.37. The van der Waals surface area contributed by atoms with E-state index in [2.05, 4.69) is 4.98 Å². The topological polar surface area (TPSA) is 50.2 Å². The van der Waals surface area contributed by atoms with Crippen molar-refractivity contribution in [2.45, 2.75) is 18.3 Å². The quantitative estimate of drug-likeness (QED) is 0.797. The molecule has 0 radical (unpaired) electrons. The molecule has 0 spiro atoms. The summed E-state index contributed by atoms with van der Waals surface area (Å²) in [4.78, 5) is 14.8. The van der Waals surface area contributed by atoms with E-state index in [1.54, 1.807) is 0 Å². The number of hydrogen-bond donors (Lipinski definition) is 1. The summed E-state index contributed by atoms with van der Waals surface area (Å²) in [6.45, 7) is 0. The predicted octanol–water partition coefficient (Wildman–Crippen LogP) is 2.50. The van der Waals surface area contributed by atoms with Crippen LogP contribution in [0.3, 0.4) is 0 Å². The first-order valence-corrected chi connectivity index (χ1v) is 4.87. The van der Waals surface area contributed by atoms with Crippen LogP contribution in [0.4, 0.5) is 0 Å². The van der Waals surface area contributed by atoms with Crippen LogP contribution in [-0.2, 0) is 10.2 Å². The van der Waals surface area contributed by atoms with E-state index in [1.807, 2.05) is 0 Å². The van der Waals surface area contributed by atoms with E-state index in [0.29, 0.717) is 23.4 Å². The van der Waals surface area contributed by atoms with Gasteiger partial charge >= 0.3 is 5.97 Å².